The van der Waals surface area contributed by atoms with Crippen molar-refractivity contribution in [1.82, 2.24) is 19.6 Å². The van der Waals surface area contributed by atoms with Gasteiger partial charge in [0.15, 0.2) is 0 Å². The number of piperidine rings is 1. The first-order valence-corrected chi connectivity index (χ1v) is 9.60. The summed E-state index contributed by atoms with van der Waals surface area (Å²) in [5.74, 6) is 1.46. The Morgan fingerprint density at radius 3 is 2.86 bits per heavy atom. The molecule has 2 N–H and O–H groups in total. The molecular weight excluding hydrogens is 302 g/mol. The molecule has 1 aromatic rings. The molecule has 22 heavy (non-hydrogen) atoms. The minimum atomic E-state index is -3.25. The summed E-state index contributed by atoms with van der Waals surface area (Å²) in [5, 5.41) is 6.46. The van der Waals surface area contributed by atoms with Crippen LogP contribution in [0.1, 0.15) is 42.4 Å². The van der Waals surface area contributed by atoms with E-state index in [1.54, 1.807) is 4.31 Å². The molecule has 0 saturated carbocycles. The van der Waals surface area contributed by atoms with Crippen molar-refractivity contribution in [3.63, 3.8) is 0 Å². The Bertz CT molecular complexity index is 644. The Balaban J connectivity index is 2.03. The summed E-state index contributed by atoms with van der Waals surface area (Å²) in [5.41, 5.74) is 2.13. The lowest BCUT2D eigenvalue weighted by Crippen LogP contribution is -2.39. The van der Waals surface area contributed by atoms with Crippen LogP contribution in [-0.4, -0.2) is 49.1 Å². The first-order valence-electron chi connectivity index (χ1n) is 7.75. The Morgan fingerprint density at radius 1 is 1.32 bits per heavy atom. The van der Waals surface area contributed by atoms with Crippen molar-refractivity contribution in [3.8, 4) is 0 Å². The van der Waals surface area contributed by atoms with Crippen molar-refractivity contribution >= 4 is 15.8 Å². The van der Waals surface area contributed by atoms with Gasteiger partial charge in [-0.15, -0.1) is 0 Å². The van der Waals surface area contributed by atoms with Gasteiger partial charge in [0.2, 0.25) is 10.0 Å². The lowest BCUT2D eigenvalue weighted by atomic mass is 10.0. The van der Waals surface area contributed by atoms with Gasteiger partial charge in [0.05, 0.1) is 18.0 Å². The van der Waals surface area contributed by atoms with E-state index in [4.69, 9.17) is 0 Å². The molecule has 122 valence electrons. The molecule has 0 amide bonds. The van der Waals surface area contributed by atoms with Crippen LogP contribution in [0.25, 0.3) is 0 Å². The highest BCUT2D eigenvalue weighted by Gasteiger charge is 2.33. The van der Waals surface area contributed by atoms with E-state index in [9.17, 15) is 8.42 Å². The Hall–Kier alpha value is -1.25. The maximum Gasteiger partial charge on any atom is 0.211 e. The number of nitrogens with zero attached hydrogens (tertiary/aromatic N) is 3. The van der Waals surface area contributed by atoms with E-state index in [-0.39, 0.29) is 6.04 Å². The molecule has 8 heteroatoms. The Morgan fingerprint density at radius 2 is 2.14 bits per heavy atom. The van der Waals surface area contributed by atoms with Crippen LogP contribution >= 0.6 is 0 Å². The first kappa shape index (κ1) is 15.6. The predicted molar refractivity (Wildman–Crippen MR) is 85.1 cm³/mol. The number of aromatic nitrogens is 2. The number of fused-ring (bicyclic) bond motifs is 1. The van der Waals surface area contributed by atoms with Gasteiger partial charge >= 0.3 is 0 Å². The van der Waals surface area contributed by atoms with Gasteiger partial charge in [0, 0.05) is 25.7 Å². The summed E-state index contributed by atoms with van der Waals surface area (Å²) in [7, 11) is -1.40. The largest absolute Gasteiger partial charge is 0.373 e. The van der Waals surface area contributed by atoms with Crippen molar-refractivity contribution in [1.29, 1.82) is 0 Å². The van der Waals surface area contributed by atoms with Crippen LogP contribution in [0.5, 0.6) is 0 Å². The number of sulfonamides is 1. The zero-order valence-electron chi connectivity index (χ0n) is 13.1. The highest BCUT2D eigenvalue weighted by atomic mass is 32.2. The molecule has 2 aliphatic heterocycles. The molecule has 3 rings (SSSR count). The molecule has 0 spiro atoms. The molecule has 0 bridgehead atoms. The van der Waals surface area contributed by atoms with Crippen molar-refractivity contribution in [2.75, 3.05) is 31.7 Å². The summed E-state index contributed by atoms with van der Waals surface area (Å²) in [4.78, 5) is 9.33. The zero-order valence-corrected chi connectivity index (χ0v) is 13.9. The van der Waals surface area contributed by atoms with E-state index >= 15 is 0 Å². The third kappa shape index (κ3) is 2.95. The fourth-order valence-electron chi connectivity index (χ4n) is 3.29. The normalized spacial score (nSPS) is 23.1. The van der Waals surface area contributed by atoms with Gasteiger partial charge in [-0.1, -0.05) is 6.42 Å². The standard InChI is InChI=1S/C14H23N5O2S/c1-15-13-10-6-7-16-9-11(10)17-14(18-13)12-5-3-4-8-19(12)22(2,20)21/h12,16H,3-9H2,1-2H3,(H,15,17,18). The topological polar surface area (TPSA) is 87.2 Å². The zero-order chi connectivity index (χ0) is 15.7. The number of hydrogen-bond acceptors (Lipinski definition) is 6. The van der Waals surface area contributed by atoms with Crippen LogP contribution in [0.4, 0.5) is 5.82 Å². The molecule has 1 aromatic heterocycles. The molecule has 3 heterocycles. The highest BCUT2D eigenvalue weighted by Crippen LogP contribution is 2.32. The number of anilines is 1. The predicted octanol–water partition coefficient (Wildman–Crippen LogP) is 0.651. The number of hydrogen-bond donors (Lipinski definition) is 2. The Kier molecular flexibility index (Phi) is 4.33. The smallest absolute Gasteiger partial charge is 0.211 e. The maximum absolute atomic E-state index is 12.1. The van der Waals surface area contributed by atoms with Crippen LogP contribution in [0.2, 0.25) is 0 Å². The maximum atomic E-state index is 12.1. The van der Waals surface area contributed by atoms with E-state index in [1.165, 1.54) is 6.26 Å². The third-order valence-corrected chi connectivity index (χ3v) is 5.66. The van der Waals surface area contributed by atoms with Crippen LogP contribution in [-0.2, 0) is 23.0 Å². The number of nitrogens with one attached hydrogen (secondary N) is 2. The van der Waals surface area contributed by atoms with Crippen molar-refractivity contribution in [3.05, 3.63) is 17.1 Å². The summed E-state index contributed by atoms with van der Waals surface area (Å²) >= 11 is 0. The quantitative estimate of drug-likeness (QED) is 0.848. The van der Waals surface area contributed by atoms with Crippen LogP contribution < -0.4 is 10.6 Å². The second-order valence-electron chi connectivity index (χ2n) is 5.92. The van der Waals surface area contributed by atoms with E-state index < -0.39 is 10.0 Å². The lowest BCUT2D eigenvalue weighted by molar-refractivity contribution is 0.247. The first-order chi connectivity index (χ1) is 10.5. The molecule has 2 aliphatic rings. The van der Waals surface area contributed by atoms with Gasteiger partial charge in [-0.25, -0.2) is 18.4 Å². The summed E-state index contributed by atoms with van der Waals surface area (Å²) in [6, 6.07) is -0.247. The van der Waals surface area contributed by atoms with Gasteiger partial charge in [0.25, 0.3) is 0 Å². The van der Waals surface area contributed by atoms with Crippen molar-refractivity contribution in [2.45, 2.75) is 38.3 Å². The fraction of sp³-hybridized carbons (Fsp3) is 0.714. The lowest BCUT2D eigenvalue weighted by Gasteiger charge is -2.33. The monoisotopic (exact) mass is 325 g/mol. The second kappa shape index (κ2) is 6.10. The molecule has 1 saturated heterocycles. The molecule has 0 aliphatic carbocycles. The third-order valence-electron chi connectivity index (χ3n) is 4.37. The summed E-state index contributed by atoms with van der Waals surface area (Å²) < 4.78 is 25.7. The molecule has 0 aromatic carbocycles. The summed E-state index contributed by atoms with van der Waals surface area (Å²) in [6.45, 7) is 2.19. The average Bonchev–Trinajstić information content (AvgIpc) is 2.53. The van der Waals surface area contributed by atoms with Crippen LogP contribution in [0, 0.1) is 0 Å². The van der Waals surface area contributed by atoms with Crippen LogP contribution in [0.3, 0.4) is 0 Å². The van der Waals surface area contributed by atoms with Gasteiger partial charge in [0.1, 0.15) is 11.6 Å². The van der Waals surface area contributed by atoms with Crippen LogP contribution in [0.15, 0.2) is 0 Å². The molecule has 1 atom stereocenters. The van der Waals surface area contributed by atoms with Crippen molar-refractivity contribution < 1.29 is 8.42 Å². The molecule has 7 nitrogen and oxygen atoms in total. The highest BCUT2D eigenvalue weighted by molar-refractivity contribution is 7.88. The molecule has 1 fully saturated rings. The molecule has 1 unspecified atom stereocenters. The van der Waals surface area contributed by atoms with Crippen molar-refractivity contribution in [2.24, 2.45) is 0 Å². The Labute approximate surface area is 131 Å². The SMILES string of the molecule is CNc1nc(C2CCCCN2S(C)(=O)=O)nc2c1CCNC2. The van der Waals surface area contributed by atoms with E-state index in [1.807, 2.05) is 7.05 Å². The van der Waals surface area contributed by atoms with E-state index in [0.29, 0.717) is 18.9 Å². The number of rotatable bonds is 3. The molecular formula is C14H23N5O2S. The minimum Gasteiger partial charge on any atom is -0.373 e. The fourth-order valence-corrected chi connectivity index (χ4v) is 4.42. The van der Waals surface area contributed by atoms with E-state index in [2.05, 4.69) is 20.6 Å². The second-order valence-corrected chi connectivity index (χ2v) is 7.85. The minimum absolute atomic E-state index is 0.247. The average molecular weight is 325 g/mol. The summed E-state index contributed by atoms with van der Waals surface area (Å²) in [6.07, 6.45) is 4.85. The molecule has 0 radical (unpaired) electrons. The van der Waals surface area contributed by atoms with Gasteiger partial charge in [-0.05, 0) is 25.8 Å². The van der Waals surface area contributed by atoms with Gasteiger partial charge in [-0.3, -0.25) is 0 Å². The van der Waals surface area contributed by atoms with Gasteiger partial charge in [-0.2, -0.15) is 4.31 Å². The van der Waals surface area contributed by atoms with Gasteiger partial charge < -0.3 is 10.6 Å². The van der Waals surface area contributed by atoms with E-state index in [0.717, 1.165) is 49.3 Å².